The molecule has 2 fully saturated rings. The molecule has 32 heavy (non-hydrogen) atoms. The molecule has 2 heterocycles. The molecule has 0 atom stereocenters. The Kier molecular flexibility index (Phi) is 6.90. The number of likely N-dealkylation sites (tertiary alicyclic amines) is 1. The van der Waals surface area contributed by atoms with E-state index in [1.165, 1.54) is 0 Å². The average molecular weight is 432 g/mol. The van der Waals surface area contributed by atoms with Gasteiger partial charge in [-0.1, -0.05) is 18.2 Å². The van der Waals surface area contributed by atoms with E-state index in [1.54, 1.807) is 4.90 Å². The maximum absolute atomic E-state index is 13.2. The van der Waals surface area contributed by atoms with Crippen LogP contribution in [0.4, 0.5) is 16.2 Å². The Labute approximate surface area is 189 Å². The second kappa shape index (κ2) is 10.2. The van der Waals surface area contributed by atoms with Crippen LogP contribution in [0.5, 0.6) is 0 Å². The van der Waals surface area contributed by atoms with Gasteiger partial charge in [-0.2, -0.15) is 5.26 Å². The molecule has 7 nitrogen and oxygen atoms in total. The van der Waals surface area contributed by atoms with Crippen molar-refractivity contribution in [2.24, 2.45) is 5.92 Å². The molecule has 2 aliphatic rings. The van der Waals surface area contributed by atoms with Crippen LogP contribution >= 0.6 is 0 Å². The number of carbonyl (C=O) groups is 2. The summed E-state index contributed by atoms with van der Waals surface area (Å²) in [4.78, 5) is 31.7. The topological polar surface area (TPSA) is 79.7 Å². The molecule has 0 bridgehead atoms. The van der Waals surface area contributed by atoms with Gasteiger partial charge in [-0.05, 0) is 55.7 Å². The summed E-state index contributed by atoms with van der Waals surface area (Å²) in [6.07, 6.45) is 2.33. The number of benzene rings is 2. The van der Waals surface area contributed by atoms with Crippen LogP contribution in [0.1, 0.15) is 24.8 Å². The zero-order valence-electron chi connectivity index (χ0n) is 18.2. The van der Waals surface area contributed by atoms with E-state index in [2.05, 4.69) is 16.3 Å². The smallest absolute Gasteiger partial charge is 0.321 e. The first-order valence-electron chi connectivity index (χ1n) is 11.3. The van der Waals surface area contributed by atoms with E-state index in [0.29, 0.717) is 38.0 Å². The summed E-state index contributed by atoms with van der Waals surface area (Å²) >= 11 is 0. The largest absolute Gasteiger partial charge is 0.370 e. The molecule has 1 N–H and O–H groups in total. The van der Waals surface area contributed by atoms with Crippen molar-refractivity contribution in [2.45, 2.75) is 19.3 Å². The highest BCUT2D eigenvalue weighted by molar-refractivity contribution is 5.89. The Bertz CT molecular complexity index is 962. The van der Waals surface area contributed by atoms with Gasteiger partial charge in [-0.25, -0.2) is 4.79 Å². The molecule has 4 rings (SSSR count). The molecule has 7 heteroatoms. The second-order valence-electron chi connectivity index (χ2n) is 8.38. The van der Waals surface area contributed by atoms with Gasteiger partial charge in [0.15, 0.2) is 0 Å². The quantitative estimate of drug-likeness (QED) is 0.806. The lowest BCUT2D eigenvalue weighted by atomic mass is 9.95. The van der Waals surface area contributed by atoms with Crippen LogP contribution in [0.2, 0.25) is 0 Å². The number of nitrogens with one attached hydrogen (secondary N) is 1. The van der Waals surface area contributed by atoms with Crippen LogP contribution in [0, 0.1) is 17.2 Å². The van der Waals surface area contributed by atoms with E-state index >= 15 is 0 Å². The Morgan fingerprint density at radius 3 is 2.25 bits per heavy atom. The number of piperidine rings is 1. The zero-order chi connectivity index (χ0) is 22.3. The Morgan fingerprint density at radius 2 is 1.56 bits per heavy atom. The predicted octanol–water partition coefficient (Wildman–Crippen LogP) is 3.54. The van der Waals surface area contributed by atoms with Crippen LogP contribution in [0.25, 0.3) is 0 Å². The fraction of sp³-hybridized carbons (Fsp3) is 0.400. The molecule has 2 saturated heterocycles. The van der Waals surface area contributed by atoms with Gasteiger partial charge in [-0.15, -0.1) is 0 Å². The highest BCUT2D eigenvalue weighted by Gasteiger charge is 2.31. The average Bonchev–Trinajstić information content (AvgIpc) is 3.11. The third-order valence-electron chi connectivity index (χ3n) is 6.33. The number of anilines is 2. The molecule has 0 saturated carbocycles. The molecular weight excluding hydrogens is 402 g/mol. The standard InChI is InChI=1S/C25H29N5O2/c26-19-20-7-9-23(10-8-20)28-13-4-14-29(18-17-28)24(31)21-11-15-30(16-12-21)25(32)27-22-5-2-1-3-6-22/h1-3,5-10,21H,4,11-18H2,(H,27,32). The minimum atomic E-state index is -0.102. The number of carbonyl (C=O) groups excluding carboxylic acids is 2. The second-order valence-corrected chi connectivity index (χ2v) is 8.38. The number of amides is 3. The van der Waals surface area contributed by atoms with E-state index in [-0.39, 0.29) is 17.9 Å². The minimum Gasteiger partial charge on any atom is -0.370 e. The lowest BCUT2D eigenvalue weighted by molar-refractivity contribution is -0.136. The molecule has 2 aliphatic heterocycles. The summed E-state index contributed by atoms with van der Waals surface area (Å²) in [7, 11) is 0. The maximum Gasteiger partial charge on any atom is 0.321 e. The van der Waals surface area contributed by atoms with Crippen molar-refractivity contribution in [1.82, 2.24) is 9.80 Å². The maximum atomic E-state index is 13.2. The number of rotatable bonds is 3. The Hall–Kier alpha value is -3.53. The van der Waals surface area contributed by atoms with Gasteiger partial charge in [0.1, 0.15) is 0 Å². The van der Waals surface area contributed by atoms with Crippen LogP contribution in [-0.2, 0) is 4.79 Å². The van der Waals surface area contributed by atoms with Crippen molar-refractivity contribution in [3.63, 3.8) is 0 Å². The first-order chi connectivity index (χ1) is 15.6. The zero-order valence-corrected chi connectivity index (χ0v) is 18.2. The summed E-state index contributed by atoms with van der Waals surface area (Å²) in [6.45, 7) is 4.35. The summed E-state index contributed by atoms with van der Waals surface area (Å²) in [5, 5.41) is 11.9. The van der Waals surface area contributed by atoms with Crippen molar-refractivity contribution in [3.8, 4) is 6.07 Å². The summed E-state index contributed by atoms with van der Waals surface area (Å²) in [5.41, 5.74) is 2.53. The van der Waals surface area contributed by atoms with Crippen LogP contribution < -0.4 is 10.2 Å². The van der Waals surface area contributed by atoms with Gasteiger partial charge in [0.2, 0.25) is 5.91 Å². The lowest BCUT2D eigenvalue weighted by Gasteiger charge is -2.34. The first kappa shape index (κ1) is 21.7. The summed E-state index contributed by atoms with van der Waals surface area (Å²) in [6, 6.07) is 19.1. The predicted molar refractivity (Wildman–Crippen MR) is 124 cm³/mol. The van der Waals surface area contributed by atoms with Crippen molar-refractivity contribution in [2.75, 3.05) is 49.5 Å². The van der Waals surface area contributed by atoms with Gasteiger partial charge >= 0.3 is 6.03 Å². The summed E-state index contributed by atoms with van der Waals surface area (Å²) in [5.74, 6) is 0.201. The number of hydrogen-bond acceptors (Lipinski definition) is 4. The Morgan fingerprint density at radius 1 is 0.844 bits per heavy atom. The normalized spacial score (nSPS) is 17.4. The van der Waals surface area contributed by atoms with Crippen molar-refractivity contribution >= 4 is 23.3 Å². The lowest BCUT2D eigenvalue weighted by Crippen LogP contribution is -2.46. The van der Waals surface area contributed by atoms with Crippen molar-refractivity contribution in [3.05, 3.63) is 60.2 Å². The van der Waals surface area contributed by atoms with Gasteiger partial charge in [0.25, 0.3) is 0 Å². The molecule has 2 aromatic carbocycles. The molecule has 0 radical (unpaired) electrons. The number of nitrogens with zero attached hydrogens (tertiary/aromatic N) is 4. The highest BCUT2D eigenvalue weighted by Crippen LogP contribution is 2.23. The SMILES string of the molecule is N#Cc1ccc(N2CCCN(C(=O)C3CCN(C(=O)Nc4ccccc4)CC3)CC2)cc1. The molecule has 0 spiro atoms. The molecule has 0 unspecified atom stereocenters. The van der Waals surface area contributed by atoms with Gasteiger partial charge < -0.3 is 20.0 Å². The molecule has 3 amide bonds. The fourth-order valence-corrected chi connectivity index (χ4v) is 4.45. The van der Waals surface area contributed by atoms with Crippen molar-refractivity contribution in [1.29, 1.82) is 5.26 Å². The van der Waals surface area contributed by atoms with E-state index < -0.39 is 0 Å². The summed E-state index contributed by atoms with van der Waals surface area (Å²) < 4.78 is 0. The van der Waals surface area contributed by atoms with Gasteiger partial charge in [-0.3, -0.25) is 4.79 Å². The monoisotopic (exact) mass is 431 g/mol. The van der Waals surface area contributed by atoms with E-state index in [4.69, 9.17) is 5.26 Å². The molecular formula is C25H29N5O2. The molecule has 0 aromatic heterocycles. The molecule has 2 aromatic rings. The number of para-hydroxylation sites is 1. The highest BCUT2D eigenvalue weighted by atomic mass is 16.2. The van der Waals surface area contributed by atoms with E-state index in [0.717, 1.165) is 37.4 Å². The van der Waals surface area contributed by atoms with Gasteiger partial charge in [0.05, 0.1) is 11.6 Å². The number of hydrogen-bond donors (Lipinski definition) is 1. The first-order valence-corrected chi connectivity index (χ1v) is 11.3. The van der Waals surface area contributed by atoms with E-state index in [9.17, 15) is 9.59 Å². The van der Waals surface area contributed by atoms with Crippen LogP contribution in [0.15, 0.2) is 54.6 Å². The third kappa shape index (κ3) is 5.20. The van der Waals surface area contributed by atoms with Gasteiger partial charge in [0, 0.05) is 56.6 Å². The fourth-order valence-electron chi connectivity index (χ4n) is 4.45. The molecule has 0 aliphatic carbocycles. The number of urea groups is 1. The van der Waals surface area contributed by atoms with Crippen LogP contribution in [-0.4, -0.2) is 61.0 Å². The molecule has 166 valence electrons. The number of nitriles is 1. The Balaban J connectivity index is 1.26. The van der Waals surface area contributed by atoms with Crippen molar-refractivity contribution < 1.29 is 9.59 Å². The third-order valence-corrected chi connectivity index (χ3v) is 6.33. The van der Waals surface area contributed by atoms with Crippen LogP contribution in [0.3, 0.4) is 0 Å². The minimum absolute atomic E-state index is 0.0164. The van der Waals surface area contributed by atoms with E-state index in [1.807, 2.05) is 59.5 Å².